The van der Waals surface area contributed by atoms with Gasteiger partial charge < -0.3 is 15.0 Å². The molecule has 18 heavy (non-hydrogen) atoms. The maximum Gasteiger partial charge on any atom is 0.109 e. The van der Waals surface area contributed by atoms with Crippen LogP contribution in [0.4, 0.5) is 0 Å². The molecular weight excluding hydrogens is 250 g/mol. The second-order valence-electron chi connectivity index (χ2n) is 4.20. The maximum atomic E-state index is 6.00. The minimum absolute atomic E-state index is 0.670. The van der Waals surface area contributed by atoms with Crippen LogP contribution in [0.3, 0.4) is 0 Å². The predicted octanol–water partition coefficient (Wildman–Crippen LogP) is 2.23. The Bertz CT molecular complexity index is 524. The van der Waals surface area contributed by atoms with Crippen molar-refractivity contribution in [2.45, 2.75) is 19.4 Å². The molecule has 0 unspecified atom stereocenters. The van der Waals surface area contributed by atoms with E-state index in [2.05, 4.69) is 9.55 Å². The summed E-state index contributed by atoms with van der Waals surface area (Å²) in [5, 5.41) is 0.712. The van der Waals surface area contributed by atoms with E-state index in [1.54, 1.807) is 7.11 Å². The highest BCUT2D eigenvalue weighted by molar-refractivity contribution is 6.31. The molecule has 0 spiro atoms. The van der Waals surface area contributed by atoms with Gasteiger partial charge in [-0.2, -0.15) is 0 Å². The molecule has 4 nitrogen and oxygen atoms in total. The second kappa shape index (κ2) is 6.18. The number of nitrogens with two attached hydrogens (primary N) is 1. The SMILES string of the molecule is COCCn1c(CCCN)nc2cc(Cl)ccc21. The standard InChI is InChI=1S/C13H18ClN3O/c1-18-8-7-17-12-5-4-10(14)9-11(12)16-13(17)3-2-6-15/h4-5,9H,2-3,6-8,15H2,1H3. The predicted molar refractivity (Wildman–Crippen MR) is 74.0 cm³/mol. The first-order valence-electron chi connectivity index (χ1n) is 6.10. The van der Waals surface area contributed by atoms with Crippen LogP contribution < -0.4 is 5.73 Å². The Kier molecular flexibility index (Phi) is 4.58. The fourth-order valence-corrected chi connectivity index (χ4v) is 2.20. The minimum atomic E-state index is 0.670. The van der Waals surface area contributed by atoms with E-state index in [1.807, 2.05) is 18.2 Å². The lowest BCUT2D eigenvalue weighted by atomic mass is 10.3. The summed E-state index contributed by atoms with van der Waals surface area (Å²) in [5.41, 5.74) is 7.60. The molecule has 5 heteroatoms. The molecule has 0 radical (unpaired) electrons. The van der Waals surface area contributed by atoms with E-state index in [0.29, 0.717) is 18.2 Å². The van der Waals surface area contributed by atoms with Crippen LogP contribution in [0.1, 0.15) is 12.2 Å². The van der Waals surface area contributed by atoms with Crippen molar-refractivity contribution in [1.82, 2.24) is 9.55 Å². The summed E-state index contributed by atoms with van der Waals surface area (Å²) in [6, 6.07) is 5.79. The van der Waals surface area contributed by atoms with Gasteiger partial charge in [-0.1, -0.05) is 11.6 Å². The van der Waals surface area contributed by atoms with Crippen LogP contribution >= 0.6 is 11.6 Å². The van der Waals surface area contributed by atoms with E-state index in [4.69, 9.17) is 22.1 Å². The monoisotopic (exact) mass is 267 g/mol. The van der Waals surface area contributed by atoms with Crippen LogP contribution in [-0.2, 0) is 17.7 Å². The number of aryl methyl sites for hydroxylation is 1. The Balaban J connectivity index is 2.39. The van der Waals surface area contributed by atoms with E-state index in [0.717, 1.165) is 36.2 Å². The zero-order valence-corrected chi connectivity index (χ0v) is 11.3. The molecule has 1 aromatic heterocycles. The van der Waals surface area contributed by atoms with E-state index >= 15 is 0 Å². The molecule has 0 saturated carbocycles. The van der Waals surface area contributed by atoms with Crippen molar-refractivity contribution >= 4 is 22.6 Å². The number of halogens is 1. The van der Waals surface area contributed by atoms with Crippen molar-refractivity contribution in [2.75, 3.05) is 20.3 Å². The molecule has 98 valence electrons. The zero-order valence-electron chi connectivity index (χ0n) is 10.5. The number of hydrogen-bond acceptors (Lipinski definition) is 3. The molecule has 0 aliphatic carbocycles. The summed E-state index contributed by atoms with van der Waals surface area (Å²) in [5.74, 6) is 1.05. The fraction of sp³-hybridized carbons (Fsp3) is 0.462. The number of aromatic nitrogens is 2. The summed E-state index contributed by atoms with van der Waals surface area (Å²) in [7, 11) is 1.70. The molecule has 1 aromatic carbocycles. The average molecular weight is 268 g/mol. The molecule has 0 aliphatic heterocycles. The number of fused-ring (bicyclic) bond motifs is 1. The van der Waals surface area contributed by atoms with Crippen molar-refractivity contribution < 1.29 is 4.74 Å². The van der Waals surface area contributed by atoms with Gasteiger partial charge in [-0.25, -0.2) is 4.98 Å². The largest absolute Gasteiger partial charge is 0.383 e. The Morgan fingerprint density at radius 1 is 1.44 bits per heavy atom. The third-order valence-electron chi connectivity index (χ3n) is 2.91. The van der Waals surface area contributed by atoms with Gasteiger partial charge in [-0.15, -0.1) is 0 Å². The Hall–Kier alpha value is -1.10. The van der Waals surface area contributed by atoms with Crippen LogP contribution in [0.25, 0.3) is 11.0 Å². The number of nitrogens with zero attached hydrogens (tertiary/aromatic N) is 2. The Morgan fingerprint density at radius 3 is 3.00 bits per heavy atom. The van der Waals surface area contributed by atoms with Gasteiger partial charge in [-0.05, 0) is 31.2 Å². The Morgan fingerprint density at radius 2 is 2.28 bits per heavy atom. The number of methoxy groups -OCH3 is 1. The molecule has 2 rings (SSSR count). The lowest BCUT2D eigenvalue weighted by molar-refractivity contribution is 0.187. The maximum absolute atomic E-state index is 6.00. The third kappa shape index (κ3) is 2.83. The minimum Gasteiger partial charge on any atom is -0.383 e. The number of imidazole rings is 1. The van der Waals surface area contributed by atoms with Crippen molar-refractivity contribution in [3.8, 4) is 0 Å². The molecule has 2 N–H and O–H groups in total. The van der Waals surface area contributed by atoms with Gasteiger partial charge in [0.15, 0.2) is 0 Å². The van der Waals surface area contributed by atoms with Crippen LogP contribution in [-0.4, -0.2) is 29.8 Å². The summed E-state index contributed by atoms with van der Waals surface area (Å²) < 4.78 is 7.33. The first-order chi connectivity index (χ1) is 8.76. The molecule has 0 saturated heterocycles. The van der Waals surface area contributed by atoms with Gasteiger partial charge in [-0.3, -0.25) is 0 Å². The summed E-state index contributed by atoms with van der Waals surface area (Å²) in [6.07, 6.45) is 1.82. The van der Waals surface area contributed by atoms with Crippen LogP contribution in [0.2, 0.25) is 5.02 Å². The van der Waals surface area contributed by atoms with Crippen molar-refractivity contribution in [1.29, 1.82) is 0 Å². The smallest absolute Gasteiger partial charge is 0.109 e. The molecule has 0 aliphatic rings. The van der Waals surface area contributed by atoms with Crippen LogP contribution in [0.15, 0.2) is 18.2 Å². The third-order valence-corrected chi connectivity index (χ3v) is 3.15. The number of rotatable bonds is 6. The van der Waals surface area contributed by atoms with Crippen molar-refractivity contribution in [3.05, 3.63) is 29.0 Å². The second-order valence-corrected chi connectivity index (χ2v) is 4.63. The fourth-order valence-electron chi connectivity index (χ4n) is 2.04. The quantitative estimate of drug-likeness (QED) is 0.873. The topological polar surface area (TPSA) is 53.1 Å². The zero-order chi connectivity index (χ0) is 13.0. The number of benzene rings is 1. The first kappa shape index (κ1) is 13.3. The van der Waals surface area contributed by atoms with E-state index in [1.165, 1.54) is 0 Å². The summed E-state index contributed by atoms with van der Waals surface area (Å²) in [6.45, 7) is 2.15. The van der Waals surface area contributed by atoms with Crippen LogP contribution in [0, 0.1) is 0 Å². The highest BCUT2D eigenvalue weighted by atomic mass is 35.5. The molecule has 1 heterocycles. The molecule has 0 bridgehead atoms. The highest BCUT2D eigenvalue weighted by Crippen LogP contribution is 2.21. The Labute approximate surface area is 112 Å². The average Bonchev–Trinajstić information content (AvgIpc) is 2.70. The molecule has 0 fully saturated rings. The van der Waals surface area contributed by atoms with Gasteiger partial charge in [0.05, 0.1) is 17.6 Å². The summed E-state index contributed by atoms with van der Waals surface area (Å²) in [4.78, 5) is 4.63. The lowest BCUT2D eigenvalue weighted by Crippen LogP contribution is -2.10. The molecule has 2 aromatic rings. The summed E-state index contributed by atoms with van der Waals surface area (Å²) >= 11 is 6.00. The lowest BCUT2D eigenvalue weighted by Gasteiger charge is -2.08. The van der Waals surface area contributed by atoms with Crippen molar-refractivity contribution in [3.63, 3.8) is 0 Å². The molecule has 0 atom stereocenters. The molecule has 0 amide bonds. The number of hydrogen-bond donors (Lipinski definition) is 1. The van der Waals surface area contributed by atoms with E-state index in [9.17, 15) is 0 Å². The van der Waals surface area contributed by atoms with Gasteiger partial charge in [0.1, 0.15) is 5.82 Å². The van der Waals surface area contributed by atoms with Crippen molar-refractivity contribution in [2.24, 2.45) is 5.73 Å². The first-order valence-corrected chi connectivity index (χ1v) is 6.47. The van der Waals surface area contributed by atoms with Crippen LogP contribution in [0.5, 0.6) is 0 Å². The van der Waals surface area contributed by atoms with Gasteiger partial charge in [0, 0.05) is 25.1 Å². The molecular formula is C13H18ClN3O. The normalized spacial score (nSPS) is 11.3. The van der Waals surface area contributed by atoms with Gasteiger partial charge in [0.2, 0.25) is 0 Å². The number of ether oxygens (including phenoxy) is 1. The van der Waals surface area contributed by atoms with Gasteiger partial charge >= 0.3 is 0 Å². The highest BCUT2D eigenvalue weighted by Gasteiger charge is 2.10. The van der Waals surface area contributed by atoms with Gasteiger partial charge in [0.25, 0.3) is 0 Å². The van der Waals surface area contributed by atoms with E-state index in [-0.39, 0.29) is 0 Å². The van der Waals surface area contributed by atoms with E-state index < -0.39 is 0 Å².